The minimum absolute atomic E-state index is 0.00535. The van der Waals surface area contributed by atoms with E-state index in [-0.39, 0.29) is 43.7 Å². The first kappa shape index (κ1) is 17.8. The number of anilines is 1. The number of aromatic nitrogens is 1. The Morgan fingerprint density at radius 1 is 1.33 bits per heavy atom. The highest BCUT2D eigenvalue weighted by molar-refractivity contribution is 5.97. The van der Waals surface area contributed by atoms with Crippen LogP contribution >= 0.6 is 0 Å². The summed E-state index contributed by atoms with van der Waals surface area (Å²) in [7, 11) is 0. The van der Waals surface area contributed by atoms with Gasteiger partial charge in [0.05, 0.1) is 6.61 Å². The second-order valence-corrected chi connectivity index (χ2v) is 6.22. The standard InChI is InChI=1S/C15H21N3O6/c1-5-22-13(20)10-8-12(24-16-10)18-7-6-17(9-11(18)19)14(21)23-15(2,3)4/h8H,5-7,9H2,1-4H3. The van der Waals surface area contributed by atoms with Crippen LogP contribution in [0.4, 0.5) is 10.7 Å². The third-order valence-corrected chi connectivity index (χ3v) is 3.12. The van der Waals surface area contributed by atoms with Gasteiger partial charge < -0.3 is 14.0 Å². The molecule has 0 unspecified atom stereocenters. The lowest BCUT2D eigenvalue weighted by Crippen LogP contribution is -2.53. The molecular weight excluding hydrogens is 318 g/mol. The number of rotatable bonds is 3. The van der Waals surface area contributed by atoms with Crippen molar-refractivity contribution >= 4 is 23.9 Å². The van der Waals surface area contributed by atoms with Crippen molar-refractivity contribution in [2.24, 2.45) is 0 Å². The quantitative estimate of drug-likeness (QED) is 0.768. The van der Waals surface area contributed by atoms with Gasteiger partial charge in [0.2, 0.25) is 11.8 Å². The van der Waals surface area contributed by atoms with Gasteiger partial charge in [-0.3, -0.25) is 14.6 Å². The summed E-state index contributed by atoms with van der Waals surface area (Å²) in [6.07, 6.45) is -0.541. The maximum absolute atomic E-state index is 12.3. The molecule has 1 aliphatic rings. The Morgan fingerprint density at radius 2 is 2.04 bits per heavy atom. The van der Waals surface area contributed by atoms with Gasteiger partial charge in [0.25, 0.3) is 0 Å². The smallest absolute Gasteiger partial charge is 0.410 e. The molecular formula is C15H21N3O6. The van der Waals surface area contributed by atoms with E-state index in [4.69, 9.17) is 14.0 Å². The van der Waals surface area contributed by atoms with E-state index in [1.54, 1.807) is 27.7 Å². The van der Waals surface area contributed by atoms with Crippen molar-refractivity contribution in [3.8, 4) is 0 Å². The van der Waals surface area contributed by atoms with Gasteiger partial charge in [-0.2, -0.15) is 0 Å². The Hall–Kier alpha value is -2.58. The van der Waals surface area contributed by atoms with Crippen LogP contribution < -0.4 is 4.90 Å². The van der Waals surface area contributed by atoms with Gasteiger partial charge in [-0.05, 0) is 27.7 Å². The highest BCUT2D eigenvalue weighted by Gasteiger charge is 2.32. The Balaban J connectivity index is 2.00. The van der Waals surface area contributed by atoms with E-state index < -0.39 is 17.7 Å². The van der Waals surface area contributed by atoms with E-state index in [0.717, 1.165) is 0 Å². The minimum Gasteiger partial charge on any atom is -0.461 e. The van der Waals surface area contributed by atoms with Crippen LogP contribution in [0.3, 0.4) is 0 Å². The van der Waals surface area contributed by atoms with Crippen LogP contribution in [-0.4, -0.2) is 59.9 Å². The van der Waals surface area contributed by atoms with Crippen LogP contribution in [0.2, 0.25) is 0 Å². The normalized spacial score (nSPS) is 15.4. The second-order valence-electron chi connectivity index (χ2n) is 6.22. The van der Waals surface area contributed by atoms with E-state index >= 15 is 0 Å². The van der Waals surface area contributed by atoms with Crippen LogP contribution in [0.25, 0.3) is 0 Å². The average Bonchev–Trinajstić information content (AvgIpc) is 2.95. The molecule has 0 N–H and O–H groups in total. The van der Waals surface area contributed by atoms with Gasteiger partial charge >= 0.3 is 12.1 Å². The van der Waals surface area contributed by atoms with E-state index in [1.807, 2.05) is 0 Å². The number of nitrogens with zero attached hydrogens (tertiary/aromatic N) is 3. The summed E-state index contributed by atoms with van der Waals surface area (Å²) in [5.41, 5.74) is -0.634. The number of carbonyl (C=O) groups excluding carboxylic acids is 3. The van der Waals surface area contributed by atoms with Gasteiger partial charge in [0.15, 0.2) is 5.69 Å². The third kappa shape index (κ3) is 4.24. The minimum atomic E-state index is -0.628. The van der Waals surface area contributed by atoms with Crippen molar-refractivity contribution in [2.45, 2.75) is 33.3 Å². The Bertz CT molecular complexity index is 633. The Labute approximate surface area is 139 Å². The summed E-state index contributed by atoms with van der Waals surface area (Å²) in [6, 6.07) is 1.35. The van der Waals surface area contributed by atoms with E-state index in [9.17, 15) is 14.4 Å². The molecule has 0 saturated carbocycles. The summed E-state index contributed by atoms with van der Waals surface area (Å²) in [4.78, 5) is 38.5. The summed E-state index contributed by atoms with van der Waals surface area (Å²) in [5.74, 6) is -0.821. The number of amides is 2. The van der Waals surface area contributed by atoms with E-state index in [1.165, 1.54) is 15.9 Å². The topological polar surface area (TPSA) is 102 Å². The largest absolute Gasteiger partial charge is 0.461 e. The predicted octanol–water partition coefficient (Wildman–Crippen LogP) is 1.44. The summed E-state index contributed by atoms with van der Waals surface area (Å²) >= 11 is 0. The fourth-order valence-corrected chi connectivity index (χ4v) is 2.08. The van der Waals surface area contributed by atoms with Crippen LogP contribution in [0, 0.1) is 0 Å². The SMILES string of the molecule is CCOC(=O)c1cc(N2CCN(C(=O)OC(C)(C)C)CC2=O)on1. The third-order valence-electron chi connectivity index (χ3n) is 3.12. The summed E-state index contributed by atoms with van der Waals surface area (Å²) in [5, 5.41) is 3.60. The monoisotopic (exact) mass is 339 g/mol. The molecule has 1 aliphatic heterocycles. The number of hydrogen-bond acceptors (Lipinski definition) is 7. The molecule has 24 heavy (non-hydrogen) atoms. The maximum atomic E-state index is 12.3. The fourth-order valence-electron chi connectivity index (χ4n) is 2.08. The Morgan fingerprint density at radius 3 is 2.62 bits per heavy atom. The fraction of sp³-hybridized carbons (Fsp3) is 0.600. The zero-order chi connectivity index (χ0) is 17.9. The van der Waals surface area contributed by atoms with Gasteiger partial charge in [0, 0.05) is 19.2 Å². The molecule has 0 bridgehead atoms. The molecule has 1 saturated heterocycles. The molecule has 1 aromatic heterocycles. The lowest BCUT2D eigenvalue weighted by Gasteiger charge is -2.33. The highest BCUT2D eigenvalue weighted by atomic mass is 16.6. The van der Waals surface area contributed by atoms with Crippen molar-refractivity contribution < 1.29 is 28.4 Å². The summed E-state index contributed by atoms with van der Waals surface area (Å²) in [6.45, 7) is 7.54. The molecule has 0 atom stereocenters. The Kier molecular flexibility index (Phi) is 5.10. The lowest BCUT2D eigenvalue weighted by atomic mass is 10.2. The molecule has 0 aromatic carbocycles. The van der Waals surface area contributed by atoms with Crippen molar-refractivity contribution in [2.75, 3.05) is 31.1 Å². The summed E-state index contributed by atoms with van der Waals surface area (Å²) < 4.78 is 15.1. The second kappa shape index (κ2) is 6.90. The highest BCUT2D eigenvalue weighted by Crippen LogP contribution is 2.20. The van der Waals surface area contributed by atoms with E-state index in [0.29, 0.717) is 0 Å². The van der Waals surface area contributed by atoms with Gasteiger partial charge in [-0.1, -0.05) is 5.16 Å². The van der Waals surface area contributed by atoms with Gasteiger partial charge in [-0.25, -0.2) is 9.59 Å². The van der Waals surface area contributed by atoms with Gasteiger partial charge in [-0.15, -0.1) is 0 Å². The molecule has 2 heterocycles. The zero-order valence-corrected chi connectivity index (χ0v) is 14.2. The number of hydrogen-bond donors (Lipinski definition) is 0. The molecule has 132 valence electrons. The van der Waals surface area contributed by atoms with E-state index in [2.05, 4.69) is 5.16 Å². The molecule has 2 amide bonds. The van der Waals surface area contributed by atoms with Gasteiger partial charge in [0.1, 0.15) is 12.1 Å². The molecule has 0 radical (unpaired) electrons. The predicted molar refractivity (Wildman–Crippen MR) is 82.6 cm³/mol. The molecule has 9 heteroatoms. The number of ether oxygens (including phenoxy) is 2. The van der Waals surface area contributed by atoms with Crippen molar-refractivity contribution in [1.82, 2.24) is 10.1 Å². The maximum Gasteiger partial charge on any atom is 0.410 e. The molecule has 2 rings (SSSR count). The molecule has 1 fully saturated rings. The number of piperazine rings is 1. The molecule has 1 aromatic rings. The molecule has 0 spiro atoms. The molecule has 9 nitrogen and oxygen atoms in total. The lowest BCUT2D eigenvalue weighted by molar-refractivity contribution is -0.121. The van der Waals surface area contributed by atoms with Crippen molar-refractivity contribution in [3.63, 3.8) is 0 Å². The first-order valence-corrected chi connectivity index (χ1v) is 7.63. The zero-order valence-electron chi connectivity index (χ0n) is 14.2. The van der Waals surface area contributed by atoms with Crippen LogP contribution in [-0.2, 0) is 14.3 Å². The number of carbonyl (C=O) groups is 3. The molecule has 0 aliphatic carbocycles. The number of esters is 1. The average molecular weight is 339 g/mol. The van der Waals surface area contributed by atoms with Crippen LogP contribution in [0.15, 0.2) is 10.6 Å². The van der Waals surface area contributed by atoms with Crippen molar-refractivity contribution in [1.29, 1.82) is 0 Å². The van der Waals surface area contributed by atoms with Crippen LogP contribution in [0.5, 0.6) is 0 Å². The van der Waals surface area contributed by atoms with Crippen molar-refractivity contribution in [3.05, 3.63) is 11.8 Å². The first-order valence-electron chi connectivity index (χ1n) is 7.63. The first-order chi connectivity index (χ1) is 11.2. The van der Waals surface area contributed by atoms with Crippen LogP contribution in [0.1, 0.15) is 38.2 Å².